The Balaban J connectivity index is 1.77. The molecule has 3 rings (SSSR count). The van der Waals surface area contributed by atoms with E-state index in [-0.39, 0.29) is 5.91 Å². The predicted octanol–water partition coefficient (Wildman–Crippen LogP) is 5.61. The third-order valence-electron chi connectivity index (χ3n) is 3.98. The lowest BCUT2D eigenvalue weighted by Gasteiger charge is -2.12. The zero-order valence-corrected chi connectivity index (χ0v) is 16.1. The Kier molecular flexibility index (Phi) is 5.64. The topological polar surface area (TPSA) is 46.9 Å². The summed E-state index contributed by atoms with van der Waals surface area (Å²) in [6.45, 7) is 4.93. The zero-order chi connectivity index (χ0) is 18.7. The zero-order valence-electron chi connectivity index (χ0n) is 14.5. The molecule has 0 bridgehead atoms. The number of aromatic nitrogens is 2. The van der Waals surface area contributed by atoms with Crippen LogP contribution in [0.3, 0.4) is 0 Å². The highest BCUT2D eigenvalue weighted by molar-refractivity contribution is 6.37. The molecule has 0 saturated heterocycles. The molecule has 0 aliphatic heterocycles. The molecule has 2 aromatic carbocycles. The SMILES string of the molecule is CC(C)c1nccn1Cc1cccc(NC(=O)c2ccc(Cl)cc2Cl)c1. The molecule has 0 unspecified atom stereocenters. The van der Waals surface area contributed by atoms with Crippen molar-refractivity contribution in [3.8, 4) is 0 Å². The molecule has 6 heteroatoms. The van der Waals surface area contributed by atoms with Crippen molar-refractivity contribution in [2.45, 2.75) is 26.3 Å². The maximum atomic E-state index is 12.5. The van der Waals surface area contributed by atoms with Crippen LogP contribution >= 0.6 is 23.2 Å². The molecule has 0 fully saturated rings. The van der Waals surface area contributed by atoms with Gasteiger partial charge in [0.1, 0.15) is 5.82 Å². The van der Waals surface area contributed by atoms with Gasteiger partial charge in [-0.15, -0.1) is 0 Å². The number of rotatable bonds is 5. The summed E-state index contributed by atoms with van der Waals surface area (Å²) in [5.41, 5.74) is 2.17. The van der Waals surface area contributed by atoms with Gasteiger partial charge in [-0.2, -0.15) is 0 Å². The molecule has 0 atom stereocenters. The number of halogens is 2. The summed E-state index contributed by atoms with van der Waals surface area (Å²) in [7, 11) is 0. The number of hydrogen-bond donors (Lipinski definition) is 1. The lowest BCUT2D eigenvalue weighted by molar-refractivity contribution is 0.102. The number of hydrogen-bond acceptors (Lipinski definition) is 2. The Labute approximate surface area is 162 Å². The molecule has 1 heterocycles. The van der Waals surface area contributed by atoms with Crippen LogP contribution in [0.5, 0.6) is 0 Å². The van der Waals surface area contributed by atoms with Gasteiger partial charge in [-0.05, 0) is 35.9 Å². The molecule has 4 nitrogen and oxygen atoms in total. The minimum Gasteiger partial charge on any atom is -0.330 e. The molecule has 26 heavy (non-hydrogen) atoms. The number of carbonyl (C=O) groups excluding carboxylic acids is 1. The molecule has 0 aliphatic carbocycles. The van der Waals surface area contributed by atoms with Gasteiger partial charge in [-0.25, -0.2) is 4.98 Å². The van der Waals surface area contributed by atoms with E-state index < -0.39 is 0 Å². The van der Waals surface area contributed by atoms with E-state index in [2.05, 4.69) is 28.7 Å². The minimum absolute atomic E-state index is 0.269. The second kappa shape index (κ2) is 7.94. The van der Waals surface area contributed by atoms with E-state index in [0.29, 0.717) is 33.8 Å². The lowest BCUT2D eigenvalue weighted by atomic mass is 10.1. The highest BCUT2D eigenvalue weighted by atomic mass is 35.5. The second-order valence-electron chi connectivity index (χ2n) is 6.35. The average molecular weight is 388 g/mol. The quantitative estimate of drug-likeness (QED) is 0.617. The first kappa shape index (κ1) is 18.5. The van der Waals surface area contributed by atoms with E-state index >= 15 is 0 Å². The molecular formula is C20H19Cl2N3O. The molecule has 0 aliphatic rings. The standard InChI is InChI=1S/C20H19Cl2N3O/c1-13(2)19-23-8-9-25(19)12-14-4-3-5-16(10-14)24-20(26)17-7-6-15(21)11-18(17)22/h3-11,13H,12H2,1-2H3,(H,24,26). The van der Waals surface area contributed by atoms with Crippen molar-refractivity contribution in [3.63, 3.8) is 0 Å². The molecule has 134 valence electrons. The van der Waals surface area contributed by atoms with E-state index in [1.807, 2.05) is 36.7 Å². The third kappa shape index (κ3) is 4.26. The van der Waals surface area contributed by atoms with Crippen molar-refractivity contribution >= 4 is 34.8 Å². The number of anilines is 1. The number of nitrogens with one attached hydrogen (secondary N) is 1. The van der Waals surface area contributed by atoms with Gasteiger partial charge < -0.3 is 9.88 Å². The fourth-order valence-corrected chi connectivity index (χ4v) is 3.27. The second-order valence-corrected chi connectivity index (χ2v) is 7.19. The van der Waals surface area contributed by atoms with Crippen molar-refractivity contribution in [3.05, 3.63) is 81.9 Å². The van der Waals surface area contributed by atoms with Crippen LogP contribution in [-0.2, 0) is 6.54 Å². The third-order valence-corrected chi connectivity index (χ3v) is 4.53. The number of imidazole rings is 1. The Morgan fingerprint density at radius 3 is 2.73 bits per heavy atom. The number of amides is 1. The highest BCUT2D eigenvalue weighted by Gasteiger charge is 2.12. The molecule has 0 spiro atoms. The molecule has 0 saturated carbocycles. The lowest BCUT2D eigenvalue weighted by Crippen LogP contribution is -2.13. The van der Waals surface area contributed by atoms with Gasteiger partial charge in [0, 0.05) is 35.6 Å². The van der Waals surface area contributed by atoms with Crippen LogP contribution in [0.2, 0.25) is 10.0 Å². The first-order valence-corrected chi connectivity index (χ1v) is 9.06. The minimum atomic E-state index is -0.269. The van der Waals surface area contributed by atoms with Gasteiger partial charge >= 0.3 is 0 Å². The Bertz CT molecular complexity index is 934. The molecule has 1 amide bonds. The van der Waals surface area contributed by atoms with Crippen molar-refractivity contribution in [2.24, 2.45) is 0 Å². The first-order valence-electron chi connectivity index (χ1n) is 8.30. The van der Waals surface area contributed by atoms with Gasteiger partial charge in [0.25, 0.3) is 5.91 Å². The molecule has 3 aromatic rings. The van der Waals surface area contributed by atoms with Gasteiger partial charge in [-0.1, -0.05) is 49.2 Å². The number of benzene rings is 2. The van der Waals surface area contributed by atoms with Crippen LogP contribution in [0.15, 0.2) is 54.9 Å². The van der Waals surface area contributed by atoms with Crippen molar-refractivity contribution in [1.82, 2.24) is 9.55 Å². The largest absolute Gasteiger partial charge is 0.330 e. The maximum absolute atomic E-state index is 12.5. The van der Waals surface area contributed by atoms with Crippen LogP contribution in [-0.4, -0.2) is 15.5 Å². The number of nitrogens with zero attached hydrogens (tertiary/aromatic N) is 2. The molecular weight excluding hydrogens is 369 g/mol. The Morgan fingerprint density at radius 1 is 1.19 bits per heavy atom. The first-order chi connectivity index (χ1) is 12.4. The molecule has 1 N–H and O–H groups in total. The van der Waals surface area contributed by atoms with Crippen LogP contribution in [0.1, 0.15) is 41.5 Å². The van der Waals surface area contributed by atoms with Gasteiger partial charge in [0.2, 0.25) is 0 Å². The van der Waals surface area contributed by atoms with Gasteiger partial charge in [0.05, 0.1) is 10.6 Å². The van der Waals surface area contributed by atoms with E-state index in [4.69, 9.17) is 23.2 Å². The smallest absolute Gasteiger partial charge is 0.257 e. The van der Waals surface area contributed by atoms with Crippen molar-refractivity contribution < 1.29 is 4.79 Å². The van der Waals surface area contributed by atoms with Crippen LogP contribution < -0.4 is 5.32 Å². The van der Waals surface area contributed by atoms with Crippen LogP contribution in [0.25, 0.3) is 0 Å². The Hall–Kier alpha value is -2.30. The summed E-state index contributed by atoms with van der Waals surface area (Å²) in [5.74, 6) is 1.11. The Morgan fingerprint density at radius 2 is 2.00 bits per heavy atom. The van der Waals surface area contributed by atoms with E-state index in [9.17, 15) is 4.79 Å². The maximum Gasteiger partial charge on any atom is 0.257 e. The monoisotopic (exact) mass is 387 g/mol. The van der Waals surface area contributed by atoms with Crippen molar-refractivity contribution in [1.29, 1.82) is 0 Å². The average Bonchev–Trinajstić information content (AvgIpc) is 3.03. The van der Waals surface area contributed by atoms with E-state index in [0.717, 1.165) is 11.4 Å². The predicted molar refractivity (Wildman–Crippen MR) is 106 cm³/mol. The van der Waals surface area contributed by atoms with Gasteiger partial charge in [0.15, 0.2) is 0 Å². The normalized spacial score (nSPS) is 11.0. The van der Waals surface area contributed by atoms with Crippen molar-refractivity contribution in [2.75, 3.05) is 5.32 Å². The van der Waals surface area contributed by atoms with E-state index in [1.54, 1.807) is 18.2 Å². The summed E-state index contributed by atoms with van der Waals surface area (Å²) in [5, 5.41) is 3.70. The summed E-state index contributed by atoms with van der Waals surface area (Å²) >= 11 is 12.0. The summed E-state index contributed by atoms with van der Waals surface area (Å²) in [4.78, 5) is 16.9. The van der Waals surface area contributed by atoms with Crippen LogP contribution in [0.4, 0.5) is 5.69 Å². The summed E-state index contributed by atoms with van der Waals surface area (Å²) in [6, 6.07) is 12.6. The fourth-order valence-electron chi connectivity index (χ4n) is 2.77. The molecule has 0 radical (unpaired) electrons. The van der Waals surface area contributed by atoms with Gasteiger partial charge in [-0.3, -0.25) is 4.79 Å². The number of carbonyl (C=O) groups is 1. The van der Waals surface area contributed by atoms with Crippen LogP contribution in [0, 0.1) is 0 Å². The van der Waals surface area contributed by atoms with E-state index in [1.165, 1.54) is 0 Å². The fraction of sp³-hybridized carbons (Fsp3) is 0.200. The summed E-state index contributed by atoms with van der Waals surface area (Å²) in [6.07, 6.45) is 3.78. The molecule has 1 aromatic heterocycles. The summed E-state index contributed by atoms with van der Waals surface area (Å²) < 4.78 is 2.11. The highest BCUT2D eigenvalue weighted by Crippen LogP contribution is 2.22.